The molecule has 8 nitrogen and oxygen atoms in total. The van der Waals surface area contributed by atoms with E-state index in [-0.39, 0.29) is 25.1 Å². The summed E-state index contributed by atoms with van der Waals surface area (Å²) in [6.07, 6.45) is 4.36. The first-order valence-corrected chi connectivity index (χ1v) is 9.12. The van der Waals surface area contributed by atoms with Crippen LogP contribution in [0.2, 0.25) is 0 Å². The summed E-state index contributed by atoms with van der Waals surface area (Å²) in [5.74, 6) is 0. The smallest absolute Gasteiger partial charge is 0.309 e. The minimum Gasteiger partial charge on any atom is -0.309 e. The average Bonchev–Trinajstić information content (AvgIpc) is 2.56. The zero-order valence-electron chi connectivity index (χ0n) is 13.4. The van der Waals surface area contributed by atoms with Crippen LogP contribution in [-0.2, 0) is 19.8 Å². The van der Waals surface area contributed by atoms with Gasteiger partial charge in [0.05, 0.1) is 24.3 Å². The molecule has 1 heterocycles. The van der Waals surface area contributed by atoms with E-state index in [1.54, 1.807) is 38.4 Å². The number of aromatic nitrogens is 2. The first-order valence-electron chi connectivity index (χ1n) is 7.40. The van der Waals surface area contributed by atoms with E-state index >= 15 is 0 Å². The van der Waals surface area contributed by atoms with Crippen molar-refractivity contribution in [1.29, 1.82) is 0 Å². The molecule has 1 aromatic heterocycles. The normalized spacial score (nSPS) is 11.4. The molecule has 0 saturated carbocycles. The summed E-state index contributed by atoms with van der Waals surface area (Å²) in [7, 11) is -3.42. The van der Waals surface area contributed by atoms with Gasteiger partial charge < -0.3 is 9.05 Å². The molecule has 0 aliphatic rings. The number of hydrogen-bond donors (Lipinski definition) is 0. The van der Waals surface area contributed by atoms with Crippen LogP contribution in [0, 0.1) is 10.1 Å². The highest BCUT2D eigenvalue weighted by molar-refractivity contribution is 7.53. The van der Waals surface area contributed by atoms with Gasteiger partial charge in [-0.3, -0.25) is 14.7 Å². The molecule has 24 heavy (non-hydrogen) atoms. The molecule has 128 valence electrons. The van der Waals surface area contributed by atoms with Crippen LogP contribution in [0.3, 0.4) is 0 Å². The molecule has 0 atom stereocenters. The van der Waals surface area contributed by atoms with Crippen molar-refractivity contribution in [2.75, 3.05) is 13.2 Å². The maximum atomic E-state index is 12.6. The van der Waals surface area contributed by atoms with Crippen molar-refractivity contribution in [3.63, 3.8) is 0 Å². The van der Waals surface area contributed by atoms with E-state index < -0.39 is 12.5 Å². The van der Waals surface area contributed by atoms with Gasteiger partial charge in [0.1, 0.15) is 6.33 Å². The number of nitro groups is 1. The van der Waals surface area contributed by atoms with E-state index in [0.717, 1.165) is 0 Å². The minimum atomic E-state index is -3.42. The number of benzene rings is 1. The van der Waals surface area contributed by atoms with E-state index in [0.29, 0.717) is 16.7 Å². The van der Waals surface area contributed by atoms with Gasteiger partial charge in [0.25, 0.3) is 5.69 Å². The van der Waals surface area contributed by atoms with Crippen LogP contribution in [0.4, 0.5) is 5.69 Å². The van der Waals surface area contributed by atoms with Crippen LogP contribution in [0.5, 0.6) is 0 Å². The van der Waals surface area contributed by atoms with Gasteiger partial charge in [-0.1, -0.05) is 12.1 Å². The Balaban J connectivity index is 2.40. The van der Waals surface area contributed by atoms with E-state index in [9.17, 15) is 14.7 Å². The second kappa shape index (κ2) is 8.10. The third kappa shape index (κ3) is 4.44. The first kappa shape index (κ1) is 18.2. The molecular formula is C15H18N3O5P. The van der Waals surface area contributed by atoms with Gasteiger partial charge in [0.15, 0.2) is 0 Å². The summed E-state index contributed by atoms with van der Waals surface area (Å²) in [6, 6.07) is 4.67. The van der Waals surface area contributed by atoms with E-state index in [1.807, 2.05) is 0 Å². The molecule has 0 N–H and O–H groups in total. The second-order valence-corrected chi connectivity index (χ2v) is 6.89. The Morgan fingerprint density at radius 1 is 1.12 bits per heavy atom. The lowest BCUT2D eigenvalue weighted by Crippen LogP contribution is -2.02. The predicted molar refractivity (Wildman–Crippen MR) is 88.7 cm³/mol. The summed E-state index contributed by atoms with van der Waals surface area (Å²) >= 11 is 0. The summed E-state index contributed by atoms with van der Waals surface area (Å²) in [5.41, 5.74) is 1.42. The standard InChI is InChI=1S/C15H18N3O5P/c1-3-22-24(21,23-4-2)10-13-6-5-12(7-15(13)18(19)20)14-8-16-11-17-9-14/h5-9,11H,3-4,10H2,1-2H3. The molecule has 0 fully saturated rings. The number of rotatable bonds is 8. The van der Waals surface area contributed by atoms with Gasteiger partial charge in [-0.05, 0) is 19.4 Å². The fourth-order valence-corrected chi connectivity index (χ4v) is 3.95. The molecule has 0 amide bonds. The van der Waals surface area contributed by atoms with Crippen molar-refractivity contribution >= 4 is 13.3 Å². The molecule has 0 unspecified atom stereocenters. The van der Waals surface area contributed by atoms with Crippen LogP contribution in [0.15, 0.2) is 36.9 Å². The molecule has 2 aromatic rings. The summed E-state index contributed by atoms with van der Waals surface area (Å²) in [5, 5.41) is 11.4. The van der Waals surface area contributed by atoms with Crippen LogP contribution in [-0.4, -0.2) is 28.1 Å². The summed E-state index contributed by atoms with van der Waals surface area (Å²) in [4.78, 5) is 18.7. The minimum absolute atomic E-state index is 0.143. The van der Waals surface area contributed by atoms with Crippen LogP contribution >= 0.6 is 7.60 Å². The second-order valence-electron chi connectivity index (χ2n) is 4.83. The van der Waals surface area contributed by atoms with Crippen molar-refractivity contribution in [3.05, 3.63) is 52.6 Å². The molecule has 0 aliphatic heterocycles. The molecule has 0 saturated heterocycles. The average molecular weight is 351 g/mol. The maximum Gasteiger partial charge on any atom is 0.335 e. The molecule has 0 spiro atoms. The molecule has 0 radical (unpaired) electrons. The maximum absolute atomic E-state index is 12.6. The topological polar surface area (TPSA) is 104 Å². The van der Waals surface area contributed by atoms with Crippen molar-refractivity contribution < 1.29 is 18.5 Å². The molecule has 0 aliphatic carbocycles. The largest absolute Gasteiger partial charge is 0.335 e. The Hall–Kier alpha value is -2.15. The zero-order chi connectivity index (χ0) is 17.6. The number of nitro benzene ring substituents is 1. The fourth-order valence-electron chi connectivity index (χ4n) is 2.23. The van der Waals surface area contributed by atoms with Crippen LogP contribution < -0.4 is 0 Å². The highest BCUT2D eigenvalue weighted by Crippen LogP contribution is 2.52. The fraction of sp³-hybridized carbons (Fsp3) is 0.333. The lowest BCUT2D eigenvalue weighted by molar-refractivity contribution is -0.385. The van der Waals surface area contributed by atoms with Gasteiger partial charge in [-0.15, -0.1) is 0 Å². The van der Waals surface area contributed by atoms with Crippen molar-refractivity contribution in [2.24, 2.45) is 0 Å². The Bertz CT molecular complexity index is 744. The van der Waals surface area contributed by atoms with Crippen molar-refractivity contribution in [1.82, 2.24) is 9.97 Å². The Kier molecular flexibility index (Phi) is 6.14. The van der Waals surface area contributed by atoms with Crippen molar-refractivity contribution in [2.45, 2.75) is 20.0 Å². The van der Waals surface area contributed by atoms with Crippen LogP contribution in [0.25, 0.3) is 11.1 Å². The predicted octanol–water partition coefficient (Wildman–Crippen LogP) is 3.82. The van der Waals surface area contributed by atoms with Crippen molar-refractivity contribution in [3.8, 4) is 11.1 Å². The van der Waals surface area contributed by atoms with Gasteiger partial charge in [-0.25, -0.2) is 9.97 Å². The van der Waals surface area contributed by atoms with E-state index in [4.69, 9.17) is 9.05 Å². The highest BCUT2D eigenvalue weighted by atomic mass is 31.2. The Morgan fingerprint density at radius 2 is 1.75 bits per heavy atom. The van der Waals surface area contributed by atoms with Gasteiger partial charge >= 0.3 is 7.60 Å². The van der Waals surface area contributed by atoms with Gasteiger partial charge in [0.2, 0.25) is 0 Å². The third-order valence-electron chi connectivity index (χ3n) is 3.19. The summed E-state index contributed by atoms with van der Waals surface area (Å²) in [6.45, 7) is 3.78. The Labute approximate surface area is 139 Å². The summed E-state index contributed by atoms with van der Waals surface area (Å²) < 4.78 is 23.1. The molecule has 1 aromatic carbocycles. The van der Waals surface area contributed by atoms with Gasteiger partial charge in [-0.2, -0.15) is 0 Å². The van der Waals surface area contributed by atoms with Gasteiger partial charge in [0, 0.05) is 29.6 Å². The molecule has 0 bridgehead atoms. The number of nitrogens with zero attached hydrogens (tertiary/aromatic N) is 3. The zero-order valence-corrected chi connectivity index (χ0v) is 14.3. The lowest BCUT2D eigenvalue weighted by atomic mass is 10.1. The quantitative estimate of drug-likeness (QED) is 0.404. The molecule has 9 heteroatoms. The van der Waals surface area contributed by atoms with E-state index in [2.05, 4.69) is 9.97 Å². The lowest BCUT2D eigenvalue weighted by Gasteiger charge is -2.17. The third-order valence-corrected chi connectivity index (χ3v) is 5.22. The highest BCUT2D eigenvalue weighted by Gasteiger charge is 2.28. The SMILES string of the molecule is CCOP(=O)(Cc1ccc(-c2cncnc2)cc1[N+](=O)[O-])OCC. The first-order chi connectivity index (χ1) is 11.5. The van der Waals surface area contributed by atoms with Crippen LogP contribution in [0.1, 0.15) is 19.4 Å². The van der Waals surface area contributed by atoms with E-state index in [1.165, 1.54) is 12.4 Å². The molecule has 2 rings (SSSR count). The number of hydrogen-bond acceptors (Lipinski definition) is 7. The monoisotopic (exact) mass is 351 g/mol. The molecular weight excluding hydrogens is 333 g/mol. The Morgan fingerprint density at radius 3 is 2.29 bits per heavy atom.